The van der Waals surface area contributed by atoms with Crippen LogP contribution in [0.25, 0.3) is 0 Å². The molecule has 1 unspecified atom stereocenters. The van der Waals surface area contributed by atoms with E-state index in [1.165, 1.54) is 19.2 Å². The number of nitrogens with zero attached hydrogens (tertiary/aromatic N) is 2. The summed E-state index contributed by atoms with van der Waals surface area (Å²) in [5.74, 6) is -0.339. The molecule has 22 heavy (non-hydrogen) atoms. The second kappa shape index (κ2) is 7.17. The fourth-order valence-corrected chi connectivity index (χ4v) is 2.23. The van der Waals surface area contributed by atoms with Gasteiger partial charge < -0.3 is 10.1 Å². The second-order valence-corrected chi connectivity index (χ2v) is 5.02. The van der Waals surface area contributed by atoms with Crippen molar-refractivity contribution in [2.24, 2.45) is 0 Å². The van der Waals surface area contributed by atoms with Gasteiger partial charge in [0.1, 0.15) is 22.6 Å². The van der Waals surface area contributed by atoms with Gasteiger partial charge in [-0.3, -0.25) is 4.79 Å². The summed E-state index contributed by atoms with van der Waals surface area (Å²) < 4.78 is 17.8. The molecule has 5 nitrogen and oxygen atoms in total. The summed E-state index contributed by atoms with van der Waals surface area (Å²) >= 11 is 5.87. The molecule has 0 aliphatic heterocycles. The number of esters is 1. The van der Waals surface area contributed by atoms with Crippen LogP contribution in [-0.2, 0) is 9.53 Å². The van der Waals surface area contributed by atoms with E-state index in [4.69, 9.17) is 16.3 Å². The van der Waals surface area contributed by atoms with Gasteiger partial charge in [0, 0.05) is 12.6 Å². The van der Waals surface area contributed by atoms with E-state index in [2.05, 4.69) is 15.3 Å². The quantitative estimate of drug-likeness (QED) is 0.677. The molecule has 1 N–H and O–H groups in total. The summed E-state index contributed by atoms with van der Waals surface area (Å²) in [6.45, 7) is 1.96. The number of ether oxygens (including phenoxy) is 1. The molecular formula is C15H15ClFN3O2. The molecule has 7 heteroatoms. The highest BCUT2D eigenvalue weighted by Crippen LogP contribution is 2.19. The predicted octanol–water partition coefficient (Wildman–Crippen LogP) is 2.95. The van der Waals surface area contributed by atoms with Gasteiger partial charge in [-0.05, 0) is 24.6 Å². The number of hydrogen-bond donors (Lipinski definition) is 1. The smallest absolute Gasteiger partial charge is 0.314 e. The lowest BCUT2D eigenvalue weighted by molar-refractivity contribution is -0.142. The fraction of sp³-hybridized carbons (Fsp3) is 0.267. The Morgan fingerprint density at radius 1 is 1.36 bits per heavy atom. The number of aryl methyl sites for hydroxylation is 1. The fourth-order valence-electron chi connectivity index (χ4n) is 2.00. The van der Waals surface area contributed by atoms with Crippen LogP contribution in [0.3, 0.4) is 0 Å². The van der Waals surface area contributed by atoms with E-state index >= 15 is 0 Å². The molecule has 1 heterocycles. The van der Waals surface area contributed by atoms with Crippen LogP contribution in [-0.4, -0.2) is 29.6 Å². The Balaban J connectivity index is 2.16. The largest absolute Gasteiger partial charge is 0.468 e. The molecule has 0 amide bonds. The van der Waals surface area contributed by atoms with E-state index in [9.17, 15) is 9.18 Å². The zero-order chi connectivity index (χ0) is 16.1. The molecule has 2 rings (SSSR count). The normalized spacial score (nSPS) is 11.8. The van der Waals surface area contributed by atoms with Gasteiger partial charge in [0.15, 0.2) is 0 Å². The van der Waals surface area contributed by atoms with Crippen LogP contribution in [0.1, 0.15) is 17.3 Å². The van der Waals surface area contributed by atoms with Crippen molar-refractivity contribution in [3.63, 3.8) is 0 Å². The van der Waals surface area contributed by atoms with Crippen molar-refractivity contribution in [3.05, 3.63) is 52.7 Å². The molecule has 116 valence electrons. The first-order valence-electron chi connectivity index (χ1n) is 6.58. The molecule has 0 radical (unpaired) electrons. The van der Waals surface area contributed by atoms with E-state index < -0.39 is 11.9 Å². The Morgan fingerprint density at radius 3 is 2.64 bits per heavy atom. The molecule has 0 spiro atoms. The van der Waals surface area contributed by atoms with Gasteiger partial charge in [-0.25, -0.2) is 14.4 Å². The van der Waals surface area contributed by atoms with Gasteiger partial charge in [-0.2, -0.15) is 0 Å². The Kier molecular flexibility index (Phi) is 5.27. The summed E-state index contributed by atoms with van der Waals surface area (Å²) in [7, 11) is 1.31. The minimum atomic E-state index is -0.584. The van der Waals surface area contributed by atoms with Gasteiger partial charge in [0.05, 0.1) is 13.0 Å². The van der Waals surface area contributed by atoms with Crippen molar-refractivity contribution in [2.45, 2.75) is 12.8 Å². The van der Waals surface area contributed by atoms with Crippen LogP contribution in [0.15, 0.2) is 30.3 Å². The maximum atomic E-state index is 13.0. The molecule has 0 aliphatic carbocycles. The Morgan fingerprint density at radius 2 is 2.05 bits per heavy atom. The molecule has 1 atom stereocenters. The summed E-state index contributed by atoms with van der Waals surface area (Å²) in [5, 5.41) is 3.34. The lowest BCUT2D eigenvalue weighted by Gasteiger charge is -2.16. The first-order valence-corrected chi connectivity index (χ1v) is 6.95. The Hall–Kier alpha value is -2.21. The van der Waals surface area contributed by atoms with Gasteiger partial charge >= 0.3 is 5.97 Å². The number of methoxy groups -OCH3 is 1. The first kappa shape index (κ1) is 16.2. The van der Waals surface area contributed by atoms with Crippen LogP contribution in [0.2, 0.25) is 5.15 Å². The van der Waals surface area contributed by atoms with E-state index in [0.29, 0.717) is 22.4 Å². The minimum Gasteiger partial charge on any atom is -0.468 e. The van der Waals surface area contributed by atoms with Crippen molar-refractivity contribution in [3.8, 4) is 0 Å². The molecule has 1 aromatic carbocycles. The number of rotatable bonds is 5. The van der Waals surface area contributed by atoms with E-state index in [1.807, 2.05) is 0 Å². The zero-order valence-electron chi connectivity index (χ0n) is 12.1. The molecule has 0 bridgehead atoms. The SMILES string of the molecule is COC(=O)C(CNc1cc(Cl)nc(C)n1)c1ccc(F)cc1. The number of halogens is 2. The molecule has 0 aliphatic rings. The number of carbonyl (C=O) groups is 1. The summed E-state index contributed by atoms with van der Waals surface area (Å²) in [6.07, 6.45) is 0. The average Bonchev–Trinajstić information content (AvgIpc) is 2.48. The van der Waals surface area contributed by atoms with Crippen LogP contribution in [0.5, 0.6) is 0 Å². The number of benzene rings is 1. The van der Waals surface area contributed by atoms with Crippen LogP contribution >= 0.6 is 11.6 Å². The highest BCUT2D eigenvalue weighted by Gasteiger charge is 2.21. The third-order valence-electron chi connectivity index (χ3n) is 3.05. The van der Waals surface area contributed by atoms with Crippen molar-refractivity contribution >= 4 is 23.4 Å². The molecule has 0 saturated heterocycles. The first-order chi connectivity index (χ1) is 10.5. The predicted molar refractivity (Wildman–Crippen MR) is 81.4 cm³/mol. The Bertz CT molecular complexity index is 644. The highest BCUT2D eigenvalue weighted by atomic mass is 35.5. The lowest BCUT2D eigenvalue weighted by atomic mass is 9.99. The number of hydrogen-bond acceptors (Lipinski definition) is 5. The summed E-state index contributed by atoms with van der Waals surface area (Å²) in [5.41, 5.74) is 0.651. The summed E-state index contributed by atoms with van der Waals surface area (Å²) in [6, 6.07) is 7.27. The third-order valence-corrected chi connectivity index (χ3v) is 3.25. The van der Waals surface area contributed by atoms with Crippen molar-refractivity contribution in [1.29, 1.82) is 0 Å². The van der Waals surface area contributed by atoms with E-state index in [0.717, 1.165) is 0 Å². The summed E-state index contributed by atoms with van der Waals surface area (Å²) in [4.78, 5) is 20.1. The van der Waals surface area contributed by atoms with Gasteiger partial charge in [0.25, 0.3) is 0 Å². The number of nitrogens with one attached hydrogen (secondary N) is 1. The number of anilines is 1. The second-order valence-electron chi connectivity index (χ2n) is 4.63. The average molecular weight is 324 g/mol. The maximum Gasteiger partial charge on any atom is 0.314 e. The van der Waals surface area contributed by atoms with E-state index in [1.54, 1.807) is 25.1 Å². The zero-order valence-corrected chi connectivity index (χ0v) is 12.9. The van der Waals surface area contributed by atoms with Crippen molar-refractivity contribution < 1.29 is 13.9 Å². The topological polar surface area (TPSA) is 64.1 Å². The van der Waals surface area contributed by atoms with Gasteiger partial charge in [0.2, 0.25) is 0 Å². The van der Waals surface area contributed by atoms with Gasteiger partial charge in [-0.1, -0.05) is 23.7 Å². The lowest BCUT2D eigenvalue weighted by Crippen LogP contribution is -2.23. The third kappa shape index (κ3) is 4.14. The van der Waals surface area contributed by atoms with Crippen LogP contribution in [0.4, 0.5) is 10.2 Å². The standard InChI is InChI=1S/C15H15ClFN3O2/c1-9-19-13(16)7-14(20-9)18-8-12(15(21)22-2)10-3-5-11(17)6-4-10/h3-7,12H,8H2,1-2H3,(H,18,19,20). The number of aromatic nitrogens is 2. The Labute approximate surface area is 132 Å². The van der Waals surface area contributed by atoms with Crippen LogP contribution in [0, 0.1) is 12.7 Å². The van der Waals surface area contributed by atoms with E-state index in [-0.39, 0.29) is 12.4 Å². The van der Waals surface area contributed by atoms with Crippen molar-refractivity contribution in [2.75, 3.05) is 19.0 Å². The van der Waals surface area contributed by atoms with Crippen molar-refractivity contribution in [1.82, 2.24) is 9.97 Å². The highest BCUT2D eigenvalue weighted by molar-refractivity contribution is 6.29. The molecule has 0 saturated carbocycles. The molecular weight excluding hydrogens is 309 g/mol. The monoisotopic (exact) mass is 323 g/mol. The molecule has 1 aromatic heterocycles. The molecule has 0 fully saturated rings. The van der Waals surface area contributed by atoms with Gasteiger partial charge in [-0.15, -0.1) is 0 Å². The maximum absolute atomic E-state index is 13.0. The van der Waals surface area contributed by atoms with Crippen LogP contribution < -0.4 is 5.32 Å². The minimum absolute atomic E-state index is 0.241. The molecule has 2 aromatic rings. The number of carbonyl (C=O) groups excluding carboxylic acids is 1.